The van der Waals surface area contributed by atoms with Crippen LogP contribution in [0.3, 0.4) is 0 Å². The van der Waals surface area contributed by atoms with E-state index >= 15 is 0 Å². The van der Waals surface area contributed by atoms with E-state index in [0.29, 0.717) is 25.0 Å². The van der Waals surface area contributed by atoms with Crippen molar-refractivity contribution in [1.82, 2.24) is 0 Å². The summed E-state index contributed by atoms with van der Waals surface area (Å²) in [5.41, 5.74) is 0.366. The minimum atomic E-state index is -0.823. The van der Waals surface area contributed by atoms with Crippen molar-refractivity contribution in [3.8, 4) is 0 Å². The Morgan fingerprint density at radius 1 is 1.71 bits per heavy atom. The van der Waals surface area contributed by atoms with Crippen LogP contribution in [0.25, 0.3) is 0 Å². The summed E-state index contributed by atoms with van der Waals surface area (Å²) in [5, 5.41) is 9.45. The van der Waals surface area contributed by atoms with Gasteiger partial charge in [0.1, 0.15) is 5.94 Å². The molecule has 0 radical (unpaired) electrons. The van der Waals surface area contributed by atoms with Crippen molar-refractivity contribution in [2.24, 2.45) is 5.92 Å². The first-order chi connectivity index (χ1) is 6.69. The summed E-state index contributed by atoms with van der Waals surface area (Å²) >= 11 is 0. The van der Waals surface area contributed by atoms with Gasteiger partial charge in [0, 0.05) is 5.57 Å². The number of carbonyl (C=O) groups is 1. The van der Waals surface area contributed by atoms with Crippen molar-refractivity contribution in [3.05, 3.63) is 5.57 Å². The van der Waals surface area contributed by atoms with Crippen LogP contribution < -0.4 is 0 Å². The molecule has 0 aliphatic heterocycles. The molecule has 2 unspecified atom stereocenters. The van der Waals surface area contributed by atoms with Gasteiger partial charge in [-0.05, 0) is 26.2 Å². The van der Waals surface area contributed by atoms with Crippen LogP contribution in [-0.4, -0.2) is 29.7 Å². The van der Waals surface area contributed by atoms with Crippen molar-refractivity contribution in [2.75, 3.05) is 6.61 Å². The zero-order valence-electron chi connectivity index (χ0n) is 8.16. The maximum Gasteiger partial charge on any atom is 0.309 e. The Kier molecular flexibility index (Phi) is 3.86. The molecule has 4 nitrogen and oxygen atoms in total. The van der Waals surface area contributed by atoms with Gasteiger partial charge in [0.25, 0.3) is 0 Å². The van der Waals surface area contributed by atoms with Crippen LogP contribution in [0, 0.1) is 5.92 Å². The molecule has 1 fully saturated rings. The summed E-state index contributed by atoms with van der Waals surface area (Å²) in [4.78, 5) is 21.6. The minimum Gasteiger partial charge on any atom is -0.466 e. The summed E-state index contributed by atoms with van der Waals surface area (Å²) in [7, 11) is 0. The molecular weight excluding hydrogens is 184 g/mol. The number of hydrogen-bond donors (Lipinski definition) is 1. The molecule has 1 saturated carbocycles. The van der Waals surface area contributed by atoms with Gasteiger partial charge in [0.05, 0.1) is 18.6 Å². The average molecular weight is 198 g/mol. The molecule has 2 atom stereocenters. The summed E-state index contributed by atoms with van der Waals surface area (Å²) in [6.07, 6.45) is 0.466. The number of rotatable bonds is 2. The Morgan fingerprint density at radius 3 is 2.93 bits per heavy atom. The molecule has 0 aromatic heterocycles. The second-order valence-corrected chi connectivity index (χ2v) is 3.37. The summed E-state index contributed by atoms with van der Waals surface area (Å²) in [6, 6.07) is 0. The van der Waals surface area contributed by atoms with E-state index in [4.69, 9.17) is 4.74 Å². The van der Waals surface area contributed by atoms with Crippen LogP contribution in [0.4, 0.5) is 0 Å². The van der Waals surface area contributed by atoms with E-state index < -0.39 is 6.10 Å². The van der Waals surface area contributed by atoms with Gasteiger partial charge in [0.15, 0.2) is 0 Å². The van der Waals surface area contributed by atoms with Crippen molar-refractivity contribution in [1.29, 1.82) is 0 Å². The lowest BCUT2D eigenvalue weighted by Gasteiger charge is -2.24. The zero-order valence-corrected chi connectivity index (χ0v) is 8.16. The fourth-order valence-electron chi connectivity index (χ4n) is 1.62. The lowest BCUT2D eigenvalue weighted by molar-refractivity contribution is -0.149. The molecule has 1 rings (SSSR count). The van der Waals surface area contributed by atoms with Crippen LogP contribution >= 0.6 is 0 Å². The Labute approximate surface area is 82.6 Å². The number of aliphatic hydroxyl groups is 1. The molecule has 0 saturated heterocycles. The molecule has 0 aromatic carbocycles. The third-order valence-electron chi connectivity index (χ3n) is 2.42. The Balaban J connectivity index is 2.54. The van der Waals surface area contributed by atoms with Crippen molar-refractivity contribution >= 4 is 11.9 Å². The van der Waals surface area contributed by atoms with Gasteiger partial charge in [-0.25, -0.2) is 4.79 Å². The molecule has 0 amide bonds. The highest BCUT2D eigenvalue weighted by atomic mass is 16.5. The Bertz CT molecular complexity index is 265. The zero-order chi connectivity index (χ0) is 10.6. The molecular formula is C10H14O4. The molecule has 4 heteroatoms. The number of hydrogen-bond acceptors (Lipinski definition) is 4. The molecule has 1 aliphatic rings. The maximum atomic E-state index is 11.3. The molecule has 0 heterocycles. The van der Waals surface area contributed by atoms with Crippen LogP contribution in [0.2, 0.25) is 0 Å². The van der Waals surface area contributed by atoms with E-state index in [2.05, 4.69) is 0 Å². The predicted octanol–water partition coefficient (Wildman–Crippen LogP) is 0.469. The van der Waals surface area contributed by atoms with Gasteiger partial charge in [-0.2, -0.15) is 0 Å². The SMILES string of the molecule is CCOC(=O)C1CCC(=C=O)C(O)C1. The normalized spacial score (nSPS) is 26.9. The largest absolute Gasteiger partial charge is 0.466 e. The van der Waals surface area contributed by atoms with Gasteiger partial charge in [0.2, 0.25) is 0 Å². The predicted molar refractivity (Wildman–Crippen MR) is 49.2 cm³/mol. The fraction of sp³-hybridized carbons (Fsp3) is 0.700. The molecule has 0 spiro atoms. The smallest absolute Gasteiger partial charge is 0.309 e. The number of carbonyl (C=O) groups excluding carboxylic acids is 2. The standard InChI is InChI=1S/C10H14O4/c1-2-14-10(13)7-3-4-8(6-11)9(12)5-7/h7,9,12H,2-5H2,1H3. The second-order valence-electron chi connectivity index (χ2n) is 3.37. The quantitative estimate of drug-likeness (QED) is 0.517. The summed E-state index contributed by atoms with van der Waals surface area (Å²) < 4.78 is 4.84. The van der Waals surface area contributed by atoms with E-state index in [1.807, 2.05) is 0 Å². The second kappa shape index (κ2) is 4.94. The first kappa shape index (κ1) is 11.0. The topological polar surface area (TPSA) is 63.6 Å². The molecule has 0 aromatic rings. The first-order valence-electron chi connectivity index (χ1n) is 4.77. The Morgan fingerprint density at radius 2 is 2.43 bits per heavy atom. The van der Waals surface area contributed by atoms with Crippen LogP contribution in [0.1, 0.15) is 26.2 Å². The lowest BCUT2D eigenvalue weighted by atomic mass is 9.84. The summed E-state index contributed by atoms with van der Waals surface area (Å²) in [5.74, 6) is 1.15. The molecule has 1 aliphatic carbocycles. The van der Waals surface area contributed by atoms with E-state index in [9.17, 15) is 14.7 Å². The third kappa shape index (κ3) is 2.44. The van der Waals surface area contributed by atoms with E-state index in [1.54, 1.807) is 12.9 Å². The molecule has 14 heavy (non-hydrogen) atoms. The van der Waals surface area contributed by atoms with Gasteiger partial charge in [-0.3, -0.25) is 4.79 Å². The van der Waals surface area contributed by atoms with E-state index in [1.165, 1.54) is 0 Å². The van der Waals surface area contributed by atoms with Gasteiger partial charge < -0.3 is 9.84 Å². The first-order valence-corrected chi connectivity index (χ1v) is 4.77. The van der Waals surface area contributed by atoms with Gasteiger partial charge >= 0.3 is 5.97 Å². The fourth-order valence-corrected chi connectivity index (χ4v) is 1.62. The molecule has 78 valence electrons. The average Bonchev–Trinajstić information content (AvgIpc) is 2.18. The third-order valence-corrected chi connectivity index (χ3v) is 2.42. The molecule has 0 bridgehead atoms. The van der Waals surface area contributed by atoms with E-state index in [0.717, 1.165) is 0 Å². The lowest BCUT2D eigenvalue weighted by Crippen LogP contribution is -2.29. The van der Waals surface area contributed by atoms with Crippen LogP contribution in [0.5, 0.6) is 0 Å². The van der Waals surface area contributed by atoms with Crippen LogP contribution in [-0.2, 0) is 14.3 Å². The van der Waals surface area contributed by atoms with Crippen molar-refractivity contribution in [3.63, 3.8) is 0 Å². The number of esters is 1. The minimum absolute atomic E-state index is 0.276. The molecule has 1 N–H and O–H groups in total. The van der Waals surface area contributed by atoms with Crippen LogP contribution in [0.15, 0.2) is 5.57 Å². The highest BCUT2D eigenvalue weighted by molar-refractivity contribution is 5.73. The number of aliphatic hydroxyl groups excluding tert-OH is 1. The van der Waals surface area contributed by atoms with Gasteiger partial charge in [-0.15, -0.1) is 0 Å². The number of ether oxygens (including phenoxy) is 1. The van der Waals surface area contributed by atoms with Gasteiger partial charge in [-0.1, -0.05) is 0 Å². The highest BCUT2D eigenvalue weighted by Gasteiger charge is 2.30. The van der Waals surface area contributed by atoms with Crippen molar-refractivity contribution in [2.45, 2.75) is 32.3 Å². The van der Waals surface area contributed by atoms with Crippen molar-refractivity contribution < 1.29 is 19.4 Å². The summed E-state index contributed by atoms with van der Waals surface area (Å²) in [6.45, 7) is 2.09. The highest BCUT2D eigenvalue weighted by Crippen LogP contribution is 2.27. The van der Waals surface area contributed by atoms with E-state index in [-0.39, 0.29) is 18.3 Å². The monoisotopic (exact) mass is 198 g/mol. The Hall–Kier alpha value is -1.12. The maximum absolute atomic E-state index is 11.3.